The normalized spacial score (nSPS) is 24.1. The highest BCUT2D eigenvalue weighted by Gasteiger charge is 2.37. The predicted molar refractivity (Wildman–Crippen MR) is 100 cm³/mol. The van der Waals surface area contributed by atoms with E-state index in [0.29, 0.717) is 44.9 Å². The van der Waals surface area contributed by atoms with Crippen molar-refractivity contribution in [3.05, 3.63) is 29.3 Å². The summed E-state index contributed by atoms with van der Waals surface area (Å²) in [6, 6.07) is 0.965. The Balaban J connectivity index is 1.96. The van der Waals surface area contributed by atoms with Crippen LogP contribution in [0, 0.1) is 0 Å². The van der Waals surface area contributed by atoms with Gasteiger partial charge in [-0.2, -0.15) is 26.3 Å². The first kappa shape index (κ1) is 22.7. The zero-order valence-electron chi connectivity index (χ0n) is 16.2. The molecule has 0 amide bonds. The number of nitrogens with zero attached hydrogens (tertiary/aromatic N) is 2. The number of halogens is 6. The summed E-state index contributed by atoms with van der Waals surface area (Å²) in [5.41, 5.74) is 3.05. The number of ether oxygens (including phenoxy) is 1. The largest absolute Gasteiger partial charge is 0.416 e. The molecule has 11 heteroatoms. The van der Waals surface area contributed by atoms with E-state index in [-0.39, 0.29) is 29.8 Å². The zero-order chi connectivity index (χ0) is 21.9. The second-order valence-corrected chi connectivity index (χ2v) is 7.49. The molecule has 2 fully saturated rings. The molecule has 3 rings (SSSR count). The van der Waals surface area contributed by atoms with Gasteiger partial charge in [0.1, 0.15) is 0 Å². The summed E-state index contributed by atoms with van der Waals surface area (Å²) in [5, 5.41) is 2.71. The smallest absolute Gasteiger partial charge is 0.378 e. The Kier molecular flexibility index (Phi) is 6.81. The number of rotatable bonds is 2. The molecule has 2 aliphatic rings. The minimum absolute atomic E-state index is 0.105. The number of anilines is 1. The lowest BCUT2D eigenvalue weighted by molar-refractivity contribution is -0.143. The molecule has 1 aliphatic carbocycles. The van der Waals surface area contributed by atoms with Gasteiger partial charge in [-0.05, 0) is 31.0 Å². The van der Waals surface area contributed by atoms with Gasteiger partial charge in [0.2, 0.25) is 0 Å². The molecular formula is C19H24F6N4O. The van der Waals surface area contributed by atoms with Crippen LogP contribution in [0.3, 0.4) is 0 Å². The van der Waals surface area contributed by atoms with Gasteiger partial charge in [0.25, 0.3) is 0 Å². The quantitative estimate of drug-likeness (QED) is 0.415. The molecule has 168 valence electrons. The first-order valence-electron chi connectivity index (χ1n) is 9.76. The van der Waals surface area contributed by atoms with Gasteiger partial charge in [-0.25, -0.2) is 4.99 Å². The lowest BCUT2D eigenvalue weighted by Gasteiger charge is -2.33. The molecule has 30 heavy (non-hydrogen) atoms. The van der Waals surface area contributed by atoms with Crippen molar-refractivity contribution >= 4 is 11.6 Å². The Bertz CT molecular complexity index is 726. The molecule has 0 bridgehead atoms. The molecule has 1 saturated carbocycles. The van der Waals surface area contributed by atoms with Crippen LogP contribution in [-0.4, -0.2) is 49.2 Å². The van der Waals surface area contributed by atoms with Crippen molar-refractivity contribution in [2.75, 3.05) is 31.6 Å². The first-order valence-corrected chi connectivity index (χ1v) is 9.76. The van der Waals surface area contributed by atoms with E-state index in [2.05, 4.69) is 10.3 Å². The fourth-order valence-electron chi connectivity index (χ4n) is 3.58. The molecule has 5 nitrogen and oxygen atoms in total. The van der Waals surface area contributed by atoms with Gasteiger partial charge in [0.15, 0.2) is 5.96 Å². The van der Waals surface area contributed by atoms with Crippen LogP contribution in [0.5, 0.6) is 0 Å². The highest BCUT2D eigenvalue weighted by molar-refractivity contribution is 5.94. The average Bonchev–Trinajstić information content (AvgIpc) is 2.68. The average molecular weight is 438 g/mol. The number of benzene rings is 1. The Morgan fingerprint density at radius 3 is 2.07 bits per heavy atom. The van der Waals surface area contributed by atoms with Gasteiger partial charge >= 0.3 is 12.4 Å². The fourth-order valence-corrected chi connectivity index (χ4v) is 3.58. The van der Waals surface area contributed by atoms with Crippen LogP contribution in [0.1, 0.15) is 36.8 Å². The molecule has 1 heterocycles. The molecule has 2 atom stereocenters. The van der Waals surface area contributed by atoms with E-state index in [9.17, 15) is 26.3 Å². The minimum atomic E-state index is -4.92. The van der Waals surface area contributed by atoms with E-state index in [0.717, 1.165) is 19.3 Å². The standard InChI is InChI=1S/C19H24F6N4O/c20-18(21,22)12-9-13(19(23,24)25)11-14(10-12)27-17(29-5-7-30-8-6-29)28-16-4-2-1-3-15(16)26/h9-11,15-16H,1-8,26H2,(H,27,28)/t15-,16-/m0/s1. The Labute approximate surface area is 170 Å². The summed E-state index contributed by atoms with van der Waals surface area (Å²) in [6.07, 6.45) is -6.46. The lowest BCUT2D eigenvalue weighted by Crippen LogP contribution is -2.46. The maximum absolute atomic E-state index is 13.2. The minimum Gasteiger partial charge on any atom is -0.378 e. The van der Waals surface area contributed by atoms with E-state index in [4.69, 9.17) is 10.5 Å². The number of aliphatic imine (C=N–C) groups is 1. The molecule has 1 aromatic rings. The van der Waals surface area contributed by atoms with E-state index in [1.807, 2.05) is 0 Å². The summed E-state index contributed by atoms with van der Waals surface area (Å²) in [6.45, 7) is 1.60. The monoisotopic (exact) mass is 438 g/mol. The van der Waals surface area contributed by atoms with Gasteiger partial charge in [-0.15, -0.1) is 0 Å². The molecule has 1 aromatic carbocycles. The molecular weight excluding hydrogens is 414 g/mol. The van der Waals surface area contributed by atoms with Gasteiger partial charge in [0, 0.05) is 24.8 Å². The van der Waals surface area contributed by atoms with Crippen molar-refractivity contribution < 1.29 is 31.1 Å². The second-order valence-electron chi connectivity index (χ2n) is 7.49. The van der Waals surface area contributed by atoms with Gasteiger partial charge in [-0.1, -0.05) is 12.8 Å². The maximum Gasteiger partial charge on any atom is 0.416 e. The number of alkyl halides is 6. The highest BCUT2D eigenvalue weighted by Crippen LogP contribution is 2.37. The van der Waals surface area contributed by atoms with Crippen molar-refractivity contribution in [2.45, 2.75) is 50.1 Å². The number of hydrogen-bond donors (Lipinski definition) is 2. The molecule has 3 N–H and O–H groups in total. The van der Waals surface area contributed by atoms with Crippen molar-refractivity contribution in [1.29, 1.82) is 0 Å². The van der Waals surface area contributed by atoms with E-state index < -0.39 is 23.5 Å². The molecule has 1 saturated heterocycles. The number of morpholine rings is 1. The molecule has 0 radical (unpaired) electrons. The van der Waals surface area contributed by atoms with Crippen LogP contribution in [0.15, 0.2) is 23.2 Å². The van der Waals surface area contributed by atoms with Gasteiger partial charge in [-0.3, -0.25) is 0 Å². The van der Waals surface area contributed by atoms with Crippen molar-refractivity contribution in [3.8, 4) is 0 Å². The highest BCUT2D eigenvalue weighted by atomic mass is 19.4. The number of hydrogen-bond acceptors (Lipinski definition) is 3. The fraction of sp³-hybridized carbons (Fsp3) is 0.632. The van der Waals surface area contributed by atoms with E-state index in [1.54, 1.807) is 4.90 Å². The number of nitrogens with two attached hydrogens (primary N) is 1. The Morgan fingerprint density at radius 1 is 0.967 bits per heavy atom. The molecule has 1 aliphatic heterocycles. The van der Waals surface area contributed by atoms with Crippen LogP contribution in [-0.2, 0) is 17.1 Å². The third-order valence-corrected chi connectivity index (χ3v) is 5.22. The summed E-state index contributed by atoms with van der Waals surface area (Å²) in [5.74, 6) is 0.216. The topological polar surface area (TPSA) is 62.9 Å². The van der Waals surface area contributed by atoms with Crippen LogP contribution < -0.4 is 11.1 Å². The summed E-state index contributed by atoms with van der Waals surface area (Å²) in [7, 11) is 0. The Hall–Kier alpha value is -2.01. The van der Waals surface area contributed by atoms with E-state index >= 15 is 0 Å². The summed E-state index contributed by atoms with van der Waals surface area (Å²) in [4.78, 5) is 6.37. The van der Waals surface area contributed by atoms with Gasteiger partial charge in [0.05, 0.1) is 30.4 Å². The van der Waals surface area contributed by atoms with Crippen molar-refractivity contribution in [2.24, 2.45) is 10.7 Å². The Morgan fingerprint density at radius 2 is 1.53 bits per heavy atom. The summed E-state index contributed by atoms with van der Waals surface area (Å²) < 4.78 is 84.4. The van der Waals surface area contributed by atoms with Crippen molar-refractivity contribution in [1.82, 2.24) is 4.90 Å². The van der Waals surface area contributed by atoms with Crippen LogP contribution in [0.25, 0.3) is 0 Å². The summed E-state index contributed by atoms with van der Waals surface area (Å²) >= 11 is 0. The number of guanidine groups is 1. The maximum atomic E-state index is 13.2. The predicted octanol–water partition coefficient (Wildman–Crippen LogP) is 4.09. The third kappa shape index (κ3) is 5.78. The zero-order valence-corrected chi connectivity index (χ0v) is 16.2. The van der Waals surface area contributed by atoms with Gasteiger partial charge < -0.3 is 20.7 Å². The second kappa shape index (κ2) is 9.01. The lowest BCUT2D eigenvalue weighted by atomic mass is 9.91. The van der Waals surface area contributed by atoms with Crippen LogP contribution >= 0.6 is 0 Å². The van der Waals surface area contributed by atoms with Crippen molar-refractivity contribution in [3.63, 3.8) is 0 Å². The molecule has 0 unspecified atom stereocenters. The number of nitrogens with one attached hydrogen (secondary N) is 1. The molecule has 0 spiro atoms. The van der Waals surface area contributed by atoms with E-state index in [1.165, 1.54) is 0 Å². The molecule has 0 aromatic heterocycles. The van der Waals surface area contributed by atoms with Crippen LogP contribution in [0.2, 0.25) is 0 Å². The third-order valence-electron chi connectivity index (χ3n) is 5.22. The van der Waals surface area contributed by atoms with Crippen LogP contribution in [0.4, 0.5) is 32.0 Å². The SMILES string of the molecule is N[C@H]1CCCC[C@@H]1N=C(Nc1cc(C(F)(F)F)cc(C(F)(F)F)c1)N1CCOCC1. The first-order chi connectivity index (χ1) is 14.0.